The topological polar surface area (TPSA) is 226 Å². The van der Waals surface area contributed by atoms with E-state index >= 15 is 0 Å². The van der Waals surface area contributed by atoms with Crippen molar-refractivity contribution < 1.29 is 48.1 Å². The highest BCUT2D eigenvalue weighted by Crippen LogP contribution is 2.40. The first-order valence-corrected chi connectivity index (χ1v) is 41.0. The molecule has 0 atom stereocenters. The van der Waals surface area contributed by atoms with Crippen molar-refractivity contribution in [2.45, 2.75) is 83.8 Å². The van der Waals surface area contributed by atoms with E-state index in [1.54, 1.807) is 110 Å². The van der Waals surface area contributed by atoms with Crippen LogP contribution in [0.2, 0.25) is 30.1 Å². The summed E-state index contributed by atoms with van der Waals surface area (Å²) in [6.45, 7) is 5.62. The van der Waals surface area contributed by atoms with Crippen molar-refractivity contribution in [3.63, 3.8) is 0 Å². The minimum Gasteiger partial charge on any atom is -0.299 e. The van der Waals surface area contributed by atoms with E-state index in [4.69, 9.17) is 69.6 Å². The van der Waals surface area contributed by atoms with Crippen LogP contribution in [-0.2, 0) is 92.3 Å². The molecule has 27 heteroatoms. The van der Waals surface area contributed by atoms with E-state index in [1.807, 2.05) is 25.1 Å². The molecule has 3 aromatic heterocycles. The Labute approximate surface area is 609 Å². The van der Waals surface area contributed by atoms with Crippen LogP contribution in [0, 0.1) is 0 Å². The highest BCUT2D eigenvalue weighted by atomic mass is 79.9. The van der Waals surface area contributed by atoms with Crippen LogP contribution >= 0.6 is 110 Å². The number of nitrogens with zero attached hydrogens (tertiary/aromatic N) is 3. The molecule has 96 heavy (non-hydrogen) atoms. The zero-order chi connectivity index (χ0) is 70.9. The zero-order valence-corrected chi connectivity index (χ0v) is 63.5. The number of rotatable bonds is 22. The lowest BCUT2D eigenvalue weighted by Gasteiger charge is -2.11. The number of pyridine rings is 3. The van der Waals surface area contributed by atoms with Gasteiger partial charge in [-0.05, 0) is 170 Å². The molecule has 0 fully saturated rings. The lowest BCUT2D eigenvalue weighted by Crippen LogP contribution is -2.09. The van der Waals surface area contributed by atoms with Gasteiger partial charge in [-0.15, -0.1) is 11.8 Å². The maximum atomic E-state index is 12.5. The zero-order valence-electron chi connectivity index (χ0n) is 52.4. The van der Waals surface area contributed by atoms with Crippen LogP contribution in [0.5, 0.6) is 0 Å². The maximum Gasteiger partial charge on any atom is 0.179 e. The minimum atomic E-state index is -3.34. The number of Topliss-reactive ketones (excluding diaryl/α,β-unsaturated/α-hetero) is 3. The molecule has 0 aliphatic heterocycles. The highest BCUT2D eigenvalue weighted by molar-refractivity contribution is 9.10. The summed E-state index contributed by atoms with van der Waals surface area (Å²) in [5, 5.41) is 2.28. The third-order valence-corrected chi connectivity index (χ3v) is 22.0. The summed E-state index contributed by atoms with van der Waals surface area (Å²) < 4.78 is 94.4. The largest absolute Gasteiger partial charge is 0.299 e. The van der Waals surface area contributed by atoms with Crippen molar-refractivity contribution in [2.75, 3.05) is 36.0 Å². The van der Waals surface area contributed by atoms with Gasteiger partial charge in [0.25, 0.3) is 0 Å². The molecule has 14 nitrogen and oxygen atoms in total. The average Bonchev–Trinajstić information content (AvgIpc) is 0.838. The van der Waals surface area contributed by atoms with Crippen LogP contribution in [0.1, 0.15) is 54.5 Å². The van der Waals surface area contributed by atoms with E-state index in [0.29, 0.717) is 86.0 Å². The van der Waals surface area contributed by atoms with E-state index in [0.717, 1.165) is 50.9 Å². The molecule has 0 aliphatic rings. The predicted octanol–water partition coefficient (Wildman–Crippen LogP) is 17.0. The standard InChI is InChI=1S/C23H21Cl2NO5S2.C23H21Cl2NO3S2.C21H16BrCl2NO3S.C2H6S/c1-3-33(30,31)20-9-6-17(26-14-20)13-18(27)10-15-11-21(24)23(22(25)12-15)16-4-7-19(8-5-16)32(2,28)29;1-3-30-19-7-6-17(26-14-19)13-18(27)10-15-11-21(24)23(22(25)12-15)16-4-8-20(9-5-16)31(2,28)29;1-29(27,28)18-6-2-14(3-7-18)21-19(23)9-13(10-20(21)24)8-17(26)11-16-5-4-15(22)12-25-16;1-2-3/h4-9,11-12,14H,3,10,13H2,1-2H3;4-9,11-12,14H,3,10,13H2,1-2H3;2-7,9-10,12H,8,11H2,1H3;3H,2H2,1H3. The second kappa shape index (κ2) is 36.0. The van der Waals surface area contributed by atoms with Crippen molar-refractivity contribution >= 4 is 167 Å². The molecule has 3 heterocycles. The third-order valence-electron chi connectivity index (χ3n) is 13.8. The van der Waals surface area contributed by atoms with Gasteiger partial charge in [0, 0.05) is 119 Å². The molecule has 9 rings (SSSR count). The monoisotopic (exact) mass is 1590 g/mol. The predicted molar refractivity (Wildman–Crippen MR) is 396 cm³/mol. The highest BCUT2D eigenvalue weighted by Gasteiger charge is 2.20. The van der Waals surface area contributed by atoms with Gasteiger partial charge in [0.05, 0.1) is 55.5 Å². The quantitative estimate of drug-likeness (QED) is 0.0492. The lowest BCUT2D eigenvalue weighted by molar-refractivity contribution is -0.118. The van der Waals surface area contributed by atoms with Crippen LogP contribution in [-0.4, -0.2) is 102 Å². The van der Waals surface area contributed by atoms with Gasteiger partial charge >= 0.3 is 0 Å². The fourth-order valence-corrected chi connectivity index (χ4v) is 15.1. The molecule has 9 aromatic rings. The van der Waals surface area contributed by atoms with E-state index in [2.05, 4.69) is 50.4 Å². The number of carbonyl (C=O) groups excluding carboxylic acids is 3. The number of thiol groups is 1. The Balaban J connectivity index is 0.000000223. The van der Waals surface area contributed by atoms with Crippen LogP contribution < -0.4 is 0 Å². The molecule has 0 spiro atoms. The summed E-state index contributed by atoms with van der Waals surface area (Å²) in [6.07, 6.45) is 9.08. The smallest absolute Gasteiger partial charge is 0.179 e. The fraction of sp³-hybridized carbons (Fsp3) is 0.217. The van der Waals surface area contributed by atoms with Crippen LogP contribution in [0.4, 0.5) is 0 Å². The third kappa shape index (κ3) is 23.9. The molecule has 0 unspecified atom stereocenters. The van der Waals surface area contributed by atoms with E-state index in [9.17, 15) is 48.1 Å². The van der Waals surface area contributed by atoms with Gasteiger partial charge in [-0.2, -0.15) is 12.6 Å². The summed E-state index contributed by atoms with van der Waals surface area (Å²) in [5.41, 5.74) is 7.73. The van der Waals surface area contributed by atoms with Crippen molar-refractivity contribution in [3.05, 3.63) is 233 Å². The fourth-order valence-electron chi connectivity index (χ4n) is 9.24. The number of ketones is 3. The van der Waals surface area contributed by atoms with Crippen molar-refractivity contribution in [1.29, 1.82) is 0 Å². The number of sulfone groups is 4. The molecule has 0 N–H and O–H groups in total. The summed E-state index contributed by atoms with van der Waals surface area (Å²) in [7, 11) is -13.2. The molecule has 0 aliphatic carbocycles. The maximum absolute atomic E-state index is 12.5. The molecule has 0 radical (unpaired) electrons. The van der Waals surface area contributed by atoms with E-state index in [-0.39, 0.29) is 81.2 Å². The van der Waals surface area contributed by atoms with Gasteiger partial charge in [-0.25, -0.2) is 33.7 Å². The Morgan fingerprint density at radius 3 is 0.927 bits per heavy atom. The van der Waals surface area contributed by atoms with Crippen molar-refractivity contribution in [2.24, 2.45) is 0 Å². The van der Waals surface area contributed by atoms with E-state index < -0.39 is 39.3 Å². The SMILES string of the molecule is CCS.CCS(=O)(=O)c1ccc(CC(=O)Cc2cc(Cl)c(-c3ccc(S(C)(=O)=O)cc3)c(Cl)c2)nc1.CCSc1ccc(CC(=O)Cc2cc(Cl)c(-c3ccc(S(C)(=O)=O)cc3)c(Cl)c2)nc1.CS(=O)(=O)c1ccc(-c2c(Cl)cc(CC(=O)Cc3ccc(Br)cn3)cc2Cl)cc1. The number of hydrogen-bond acceptors (Lipinski definition) is 16. The Morgan fingerprint density at radius 2 is 0.688 bits per heavy atom. The molecule has 0 saturated carbocycles. The van der Waals surface area contributed by atoms with Gasteiger partial charge in [-0.3, -0.25) is 29.3 Å². The van der Waals surface area contributed by atoms with Crippen LogP contribution in [0.25, 0.3) is 33.4 Å². The second-order valence-electron chi connectivity index (χ2n) is 21.5. The first kappa shape index (κ1) is 79.5. The average molecular weight is 1600 g/mol. The van der Waals surface area contributed by atoms with Gasteiger partial charge in [0.2, 0.25) is 0 Å². The Kier molecular flexibility index (Phi) is 29.8. The Hall–Kier alpha value is -5.50. The number of hydrogen-bond donors (Lipinski definition) is 1. The van der Waals surface area contributed by atoms with Gasteiger partial charge in [0.15, 0.2) is 39.3 Å². The number of aromatic nitrogens is 3. The summed E-state index contributed by atoms with van der Waals surface area (Å²) in [5.74, 6) is 1.77. The number of thioether (sulfide) groups is 1. The Morgan fingerprint density at radius 1 is 0.406 bits per heavy atom. The molecule has 506 valence electrons. The summed E-state index contributed by atoms with van der Waals surface area (Å²) in [4.78, 5) is 51.9. The molecule has 0 bridgehead atoms. The molecule has 0 saturated heterocycles. The van der Waals surface area contributed by atoms with Crippen LogP contribution in [0.15, 0.2) is 193 Å². The minimum absolute atomic E-state index is 0.00258. The van der Waals surface area contributed by atoms with Crippen LogP contribution in [0.3, 0.4) is 0 Å². The van der Waals surface area contributed by atoms with Crippen molar-refractivity contribution in [1.82, 2.24) is 15.0 Å². The van der Waals surface area contributed by atoms with Gasteiger partial charge in [-0.1, -0.05) is 127 Å². The number of halogens is 7. The van der Waals surface area contributed by atoms with E-state index in [1.165, 1.54) is 54.7 Å². The molecule has 0 amide bonds. The molecule has 6 aromatic carbocycles. The number of benzene rings is 6. The normalized spacial score (nSPS) is 11.5. The summed E-state index contributed by atoms with van der Waals surface area (Å²) in [6, 6.07) is 39.6. The van der Waals surface area contributed by atoms with Gasteiger partial charge in [0.1, 0.15) is 17.3 Å². The first-order chi connectivity index (χ1) is 45.1. The lowest BCUT2D eigenvalue weighted by atomic mass is 10.00. The summed E-state index contributed by atoms with van der Waals surface area (Å²) >= 11 is 47.5. The van der Waals surface area contributed by atoms with Crippen molar-refractivity contribution in [3.8, 4) is 33.4 Å². The molecular weight excluding hydrogens is 1530 g/mol. The Bertz CT molecular complexity index is 4660. The first-order valence-electron chi connectivity index (χ1n) is 29.0. The second-order valence-corrected chi connectivity index (χ2v) is 35.1. The van der Waals surface area contributed by atoms with Gasteiger partial charge < -0.3 is 0 Å². The molecular formula is C69H64BrCl6N3O11S6. The number of carbonyl (C=O) groups is 3.